The molecule has 1 N–H and O–H groups in total. The van der Waals surface area contributed by atoms with E-state index in [-0.39, 0.29) is 5.91 Å². The highest BCUT2D eigenvalue weighted by Gasteiger charge is 2.23. The molecular formula is C17H21N3O. The molecular weight excluding hydrogens is 262 g/mol. The zero-order chi connectivity index (χ0) is 14.7. The van der Waals surface area contributed by atoms with E-state index >= 15 is 0 Å². The van der Waals surface area contributed by atoms with Gasteiger partial charge in [-0.25, -0.2) is 0 Å². The van der Waals surface area contributed by atoms with Gasteiger partial charge >= 0.3 is 0 Å². The van der Waals surface area contributed by atoms with Gasteiger partial charge in [0.25, 0.3) is 5.91 Å². The van der Waals surface area contributed by atoms with Crippen LogP contribution in [0.3, 0.4) is 0 Å². The molecule has 2 aromatic rings. The topological polar surface area (TPSA) is 39.3 Å². The van der Waals surface area contributed by atoms with E-state index in [1.54, 1.807) is 0 Å². The van der Waals surface area contributed by atoms with Crippen LogP contribution in [0.15, 0.2) is 42.6 Å². The van der Waals surface area contributed by atoms with Crippen molar-refractivity contribution in [2.75, 3.05) is 26.2 Å². The predicted octanol–water partition coefficient (Wildman–Crippen LogP) is 2.28. The van der Waals surface area contributed by atoms with Crippen molar-refractivity contribution in [3.8, 4) is 0 Å². The van der Waals surface area contributed by atoms with Crippen LogP contribution in [-0.2, 0) is 6.54 Å². The lowest BCUT2D eigenvalue weighted by molar-refractivity contribution is 0.0628. The minimum Gasteiger partial charge on any atom is -0.365 e. The summed E-state index contributed by atoms with van der Waals surface area (Å²) < 4.78 is 0. The first-order chi connectivity index (χ1) is 10.2. The van der Waals surface area contributed by atoms with Gasteiger partial charge in [-0.3, -0.25) is 9.69 Å². The number of H-pyrrole nitrogens is 1. The van der Waals surface area contributed by atoms with E-state index in [9.17, 15) is 4.79 Å². The Labute approximate surface area is 125 Å². The molecule has 21 heavy (non-hydrogen) atoms. The summed E-state index contributed by atoms with van der Waals surface area (Å²) in [4.78, 5) is 19.9. The Morgan fingerprint density at radius 1 is 1.10 bits per heavy atom. The summed E-state index contributed by atoms with van der Waals surface area (Å²) >= 11 is 0. The zero-order valence-electron chi connectivity index (χ0n) is 12.4. The molecule has 1 saturated heterocycles. The highest BCUT2D eigenvalue weighted by molar-refractivity contribution is 5.95. The van der Waals surface area contributed by atoms with Crippen LogP contribution in [0.1, 0.15) is 21.6 Å². The molecule has 4 nitrogen and oxygen atoms in total. The second-order valence-electron chi connectivity index (χ2n) is 5.57. The SMILES string of the molecule is Cc1[nH]ccc1C(=O)N1CCN(Cc2ccccc2)CC1. The van der Waals surface area contributed by atoms with Crippen LogP contribution >= 0.6 is 0 Å². The van der Waals surface area contributed by atoms with Crippen LogP contribution in [0.2, 0.25) is 0 Å². The lowest BCUT2D eigenvalue weighted by atomic mass is 10.1. The molecule has 3 rings (SSSR count). The number of amides is 1. The molecule has 1 fully saturated rings. The maximum absolute atomic E-state index is 12.4. The summed E-state index contributed by atoms with van der Waals surface area (Å²) in [7, 11) is 0. The van der Waals surface area contributed by atoms with Crippen molar-refractivity contribution in [2.45, 2.75) is 13.5 Å². The number of carbonyl (C=O) groups is 1. The second-order valence-corrected chi connectivity index (χ2v) is 5.57. The second kappa shape index (κ2) is 6.14. The van der Waals surface area contributed by atoms with Crippen LogP contribution in [-0.4, -0.2) is 46.9 Å². The molecule has 0 atom stereocenters. The average molecular weight is 283 g/mol. The van der Waals surface area contributed by atoms with Gasteiger partial charge in [0.1, 0.15) is 0 Å². The Bertz CT molecular complexity index is 598. The summed E-state index contributed by atoms with van der Waals surface area (Å²) in [5.41, 5.74) is 3.08. The van der Waals surface area contributed by atoms with Gasteiger partial charge in [0.2, 0.25) is 0 Å². The maximum atomic E-state index is 12.4. The van der Waals surface area contributed by atoms with E-state index < -0.39 is 0 Å². The molecule has 2 heterocycles. The Morgan fingerprint density at radius 2 is 1.81 bits per heavy atom. The van der Waals surface area contributed by atoms with E-state index in [1.807, 2.05) is 30.2 Å². The van der Waals surface area contributed by atoms with Crippen molar-refractivity contribution in [2.24, 2.45) is 0 Å². The molecule has 1 aromatic heterocycles. The van der Waals surface area contributed by atoms with E-state index in [0.717, 1.165) is 44.0 Å². The number of hydrogen-bond donors (Lipinski definition) is 1. The van der Waals surface area contributed by atoms with E-state index in [2.05, 4.69) is 34.1 Å². The van der Waals surface area contributed by atoms with Gasteiger partial charge in [-0.05, 0) is 18.6 Å². The molecule has 0 radical (unpaired) electrons. The van der Waals surface area contributed by atoms with Crippen LogP contribution in [0.25, 0.3) is 0 Å². The largest absolute Gasteiger partial charge is 0.365 e. The monoisotopic (exact) mass is 283 g/mol. The van der Waals surface area contributed by atoms with Gasteiger partial charge < -0.3 is 9.88 Å². The highest BCUT2D eigenvalue weighted by Crippen LogP contribution is 2.13. The first-order valence-electron chi connectivity index (χ1n) is 7.43. The minimum atomic E-state index is 0.146. The third-order valence-electron chi connectivity index (χ3n) is 4.09. The molecule has 1 aliphatic heterocycles. The predicted molar refractivity (Wildman–Crippen MR) is 83.2 cm³/mol. The van der Waals surface area contributed by atoms with Crippen molar-refractivity contribution < 1.29 is 4.79 Å². The Kier molecular flexibility index (Phi) is 4.06. The van der Waals surface area contributed by atoms with E-state index in [4.69, 9.17) is 0 Å². The standard InChI is InChI=1S/C17H21N3O/c1-14-16(7-8-18-14)17(21)20-11-9-19(10-12-20)13-15-5-3-2-4-6-15/h2-8,18H,9-13H2,1H3. The molecule has 1 aromatic carbocycles. The number of aromatic nitrogens is 1. The fourth-order valence-corrected chi connectivity index (χ4v) is 2.81. The van der Waals surface area contributed by atoms with Gasteiger partial charge in [0.15, 0.2) is 0 Å². The fraction of sp³-hybridized carbons (Fsp3) is 0.353. The van der Waals surface area contributed by atoms with Crippen molar-refractivity contribution in [1.82, 2.24) is 14.8 Å². The number of nitrogens with zero attached hydrogens (tertiary/aromatic N) is 2. The lowest BCUT2D eigenvalue weighted by Crippen LogP contribution is -2.48. The van der Waals surface area contributed by atoms with Crippen LogP contribution < -0.4 is 0 Å². The minimum absolute atomic E-state index is 0.146. The molecule has 0 saturated carbocycles. The number of aryl methyl sites for hydroxylation is 1. The van der Waals surface area contributed by atoms with Gasteiger partial charge in [-0.2, -0.15) is 0 Å². The third kappa shape index (κ3) is 3.16. The number of benzene rings is 1. The summed E-state index contributed by atoms with van der Waals surface area (Å²) in [5.74, 6) is 0.146. The molecule has 1 amide bonds. The Morgan fingerprint density at radius 3 is 2.43 bits per heavy atom. The number of carbonyl (C=O) groups excluding carboxylic acids is 1. The van der Waals surface area contributed by atoms with Gasteiger partial charge in [0.05, 0.1) is 5.56 Å². The highest BCUT2D eigenvalue weighted by atomic mass is 16.2. The van der Waals surface area contributed by atoms with Crippen LogP contribution in [0.5, 0.6) is 0 Å². The molecule has 0 bridgehead atoms. The van der Waals surface area contributed by atoms with Gasteiger partial charge in [0, 0.05) is 44.6 Å². The van der Waals surface area contributed by atoms with Gasteiger partial charge in [-0.1, -0.05) is 30.3 Å². The quantitative estimate of drug-likeness (QED) is 0.938. The molecule has 0 spiro atoms. The smallest absolute Gasteiger partial charge is 0.255 e. The Hall–Kier alpha value is -2.07. The van der Waals surface area contributed by atoms with E-state index in [0.29, 0.717) is 0 Å². The van der Waals surface area contributed by atoms with Gasteiger partial charge in [-0.15, -0.1) is 0 Å². The zero-order valence-corrected chi connectivity index (χ0v) is 12.4. The van der Waals surface area contributed by atoms with Crippen molar-refractivity contribution in [3.63, 3.8) is 0 Å². The molecule has 0 aliphatic carbocycles. The van der Waals surface area contributed by atoms with Crippen molar-refractivity contribution in [3.05, 3.63) is 59.4 Å². The summed E-state index contributed by atoms with van der Waals surface area (Å²) in [5, 5.41) is 0. The number of hydrogen-bond acceptors (Lipinski definition) is 2. The molecule has 110 valence electrons. The number of aromatic amines is 1. The average Bonchev–Trinajstić information content (AvgIpc) is 2.94. The number of rotatable bonds is 3. The molecule has 1 aliphatic rings. The van der Waals surface area contributed by atoms with Crippen LogP contribution in [0, 0.1) is 6.92 Å². The van der Waals surface area contributed by atoms with Crippen molar-refractivity contribution in [1.29, 1.82) is 0 Å². The van der Waals surface area contributed by atoms with Crippen LogP contribution in [0.4, 0.5) is 0 Å². The normalized spacial score (nSPS) is 16.1. The maximum Gasteiger partial charge on any atom is 0.255 e. The summed E-state index contributed by atoms with van der Waals surface area (Å²) in [6, 6.07) is 12.4. The third-order valence-corrected chi connectivity index (χ3v) is 4.09. The molecule has 4 heteroatoms. The first kappa shape index (κ1) is 13.9. The first-order valence-corrected chi connectivity index (χ1v) is 7.43. The fourth-order valence-electron chi connectivity index (χ4n) is 2.81. The molecule has 0 unspecified atom stereocenters. The lowest BCUT2D eigenvalue weighted by Gasteiger charge is -2.34. The number of nitrogens with one attached hydrogen (secondary N) is 1. The van der Waals surface area contributed by atoms with Crippen molar-refractivity contribution >= 4 is 5.91 Å². The number of piperazine rings is 1. The Balaban J connectivity index is 1.56. The summed E-state index contributed by atoms with van der Waals surface area (Å²) in [6.07, 6.45) is 1.83. The summed E-state index contributed by atoms with van der Waals surface area (Å²) in [6.45, 7) is 6.38. The van der Waals surface area contributed by atoms with E-state index in [1.165, 1.54) is 5.56 Å².